The molecule has 0 spiro atoms. The molecular formula is C36H42O8S2. The molecule has 0 radical (unpaired) electrons. The second-order valence-electron chi connectivity index (χ2n) is 12.0. The molecule has 0 amide bonds. The molecule has 0 saturated heterocycles. The van der Waals surface area contributed by atoms with Crippen LogP contribution in [0.3, 0.4) is 0 Å². The summed E-state index contributed by atoms with van der Waals surface area (Å²) in [6, 6.07) is 23.9. The van der Waals surface area contributed by atoms with Crippen LogP contribution in [0, 0.1) is 16.7 Å². The summed E-state index contributed by atoms with van der Waals surface area (Å²) in [6.07, 6.45) is 4.52. The van der Waals surface area contributed by atoms with Crippen molar-refractivity contribution < 1.29 is 35.8 Å². The van der Waals surface area contributed by atoms with Crippen LogP contribution >= 0.6 is 10.3 Å². The van der Waals surface area contributed by atoms with Crippen LogP contribution < -0.4 is 9.47 Å². The SMILES string of the molecule is C=COCCOc1ccc(S(OS(=O)(=O)CC23CCC(CC2=O)C3(C)C)(c2ccccc2)c2ccc(OCCOC=C)cc2)cc1. The van der Waals surface area contributed by atoms with Crippen LogP contribution in [0.15, 0.2) is 119 Å². The molecule has 5 rings (SSSR count). The van der Waals surface area contributed by atoms with Crippen molar-refractivity contribution in [1.82, 2.24) is 0 Å². The molecule has 2 atom stereocenters. The number of hydrogen-bond acceptors (Lipinski definition) is 8. The zero-order chi connectivity index (χ0) is 32.8. The molecule has 8 nitrogen and oxygen atoms in total. The molecule has 46 heavy (non-hydrogen) atoms. The van der Waals surface area contributed by atoms with Crippen molar-refractivity contribution in [1.29, 1.82) is 0 Å². The summed E-state index contributed by atoms with van der Waals surface area (Å²) in [5.74, 6) is 1.03. The number of hydrogen-bond donors (Lipinski definition) is 0. The number of carbonyl (C=O) groups is 1. The van der Waals surface area contributed by atoms with Crippen molar-refractivity contribution in [2.45, 2.75) is 47.8 Å². The molecule has 0 N–H and O–H groups in total. The molecule has 2 aliphatic carbocycles. The normalized spacial score (nSPS) is 20.6. The van der Waals surface area contributed by atoms with E-state index in [9.17, 15) is 13.2 Å². The molecule has 3 aromatic carbocycles. The van der Waals surface area contributed by atoms with Gasteiger partial charge in [-0.15, -0.1) is 0 Å². The lowest BCUT2D eigenvalue weighted by Gasteiger charge is -2.41. The fraction of sp³-hybridized carbons (Fsp3) is 0.361. The number of Topliss-reactive ketones (excluding diaryl/α,β-unsaturated/α-hetero) is 1. The van der Waals surface area contributed by atoms with Gasteiger partial charge in [0, 0.05) is 21.1 Å². The van der Waals surface area contributed by atoms with Crippen LogP contribution in [0.1, 0.15) is 33.1 Å². The van der Waals surface area contributed by atoms with E-state index in [1.807, 2.05) is 68.4 Å². The van der Waals surface area contributed by atoms with E-state index in [1.165, 1.54) is 12.5 Å². The highest BCUT2D eigenvalue weighted by atomic mass is 32.3. The average Bonchev–Trinajstić information content (AvgIpc) is 3.39. The Bertz CT molecular complexity index is 1560. The third-order valence-electron chi connectivity index (χ3n) is 9.33. The summed E-state index contributed by atoms with van der Waals surface area (Å²) >= 11 is 0. The predicted molar refractivity (Wildman–Crippen MR) is 178 cm³/mol. The number of rotatable bonds is 17. The Morgan fingerprint density at radius 3 is 1.70 bits per heavy atom. The molecule has 2 aliphatic rings. The molecule has 10 heteroatoms. The van der Waals surface area contributed by atoms with Crippen molar-refractivity contribution in [2.24, 2.45) is 16.7 Å². The molecule has 0 aromatic heterocycles. The van der Waals surface area contributed by atoms with Gasteiger partial charge in [0.25, 0.3) is 10.1 Å². The molecule has 0 heterocycles. The van der Waals surface area contributed by atoms with Gasteiger partial charge in [-0.2, -0.15) is 8.42 Å². The van der Waals surface area contributed by atoms with E-state index in [4.69, 9.17) is 22.6 Å². The van der Waals surface area contributed by atoms with Crippen LogP contribution in [-0.2, 0) is 28.0 Å². The zero-order valence-corrected chi connectivity index (χ0v) is 28.0. The van der Waals surface area contributed by atoms with Gasteiger partial charge >= 0.3 is 0 Å². The highest BCUT2D eigenvalue weighted by Crippen LogP contribution is 2.71. The first kappa shape index (κ1) is 33.6. The third kappa shape index (κ3) is 6.56. The average molecular weight is 667 g/mol. The maximum absolute atomic E-state index is 14.4. The Kier molecular flexibility index (Phi) is 10.2. The minimum absolute atomic E-state index is 0.0186. The molecule has 246 valence electrons. The second-order valence-corrected chi connectivity index (χ2v) is 16.5. The van der Waals surface area contributed by atoms with Crippen LogP contribution in [-0.4, -0.2) is 46.4 Å². The summed E-state index contributed by atoms with van der Waals surface area (Å²) in [7, 11) is -7.16. The van der Waals surface area contributed by atoms with E-state index < -0.39 is 31.3 Å². The molecule has 3 aromatic rings. The van der Waals surface area contributed by atoms with E-state index in [0.717, 1.165) is 6.42 Å². The quantitative estimate of drug-likeness (QED) is 0.107. The highest BCUT2D eigenvalue weighted by Gasteiger charge is 2.65. The molecule has 0 aliphatic heterocycles. The molecule has 2 fully saturated rings. The fourth-order valence-electron chi connectivity index (χ4n) is 6.76. The van der Waals surface area contributed by atoms with Crippen molar-refractivity contribution in [3.8, 4) is 11.5 Å². The lowest BCUT2D eigenvalue weighted by Crippen LogP contribution is -2.42. The summed E-state index contributed by atoms with van der Waals surface area (Å²) < 4.78 is 57.4. The molecule has 2 bridgehead atoms. The first-order chi connectivity index (χ1) is 22.1. The van der Waals surface area contributed by atoms with Gasteiger partial charge in [0.15, 0.2) is 0 Å². The van der Waals surface area contributed by atoms with Crippen molar-refractivity contribution in [2.75, 3.05) is 32.2 Å². The van der Waals surface area contributed by atoms with E-state index in [-0.39, 0.29) is 17.5 Å². The standard InChI is InChI=1S/C36H42O8S2/c1-5-40-22-24-42-29-12-16-32(17-13-29)46(31-10-8-7-9-11-31,33-18-14-30(15-19-33)43-25-23-41-6-2)44-45(38,39)27-36-21-20-28(26-34(36)37)35(36,3)4/h5-19,28H,1-2,20-27H2,3-4H3. The maximum atomic E-state index is 14.4. The maximum Gasteiger partial charge on any atom is 0.278 e. The summed E-state index contributed by atoms with van der Waals surface area (Å²) in [6.45, 7) is 12.5. The number of fused-ring (bicyclic) bond motifs is 2. The minimum Gasteiger partial charge on any atom is -0.498 e. The van der Waals surface area contributed by atoms with Gasteiger partial charge in [-0.3, -0.25) is 4.79 Å². The monoisotopic (exact) mass is 666 g/mol. The predicted octanol–water partition coefficient (Wildman–Crippen LogP) is 7.70. The van der Waals surface area contributed by atoms with E-state index in [0.29, 0.717) is 65.5 Å². The second kappa shape index (κ2) is 13.9. The number of benzene rings is 3. The van der Waals surface area contributed by atoms with Crippen molar-refractivity contribution >= 4 is 26.2 Å². The summed E-state index contributed by atoms with van der Waals surface area (Å²) in [5.41, 5.74) is -1.41. The Hall–Kier alpha value is -3.73. The van der Waals surface area contributed by atoms with Gasteiger partial charge < -0.3 is 18.9 Å². The largest absolute Gasteiger partial charge is 0.498 e. The van der Waals surface area contributed by atoms with Crippen LogP contribution in [0.5, 0.6) is 11.5 Å². The molecule has 2 saturated carbocycles. The Labute approximate surface area is 274 Å². The Balaban J connectivity index is 1.58. The number of ether oxygens (including phenoxy) is 4. The smallest absolute Gasteiger partial charge is 0.278 e. The minimum atomic E-state index is -4.27. The van der Waals surface area contributed by atoms with Crippen LogP contribution in [0.2, 0.25) is 0 Å². The number of carbonyl (C=O) groups excluding carboxylic acids is 1. The Morgan fingerprint density at radius 1 is 0.761 bits per heavy atom. The lowest BCUT2D eigenvalue weighted by molar-refractivity contribution is -0.128. The van der Waals surface area contributed by atoms with Gasteiger partial charge in [0.05, 0.1) is 23.7 Å². The van der Waals surface area contributed by atoms with Gasteiger partial charge in [0.1, 0.15) is 43.7 Å². The summed E-state index contributed by atoms with van der Waals surface area (Å²) in [5, 5.41) is 0. The van der Waals surface area contributed by atoms with Crippen molar-refractivity contribution in [3.05, 3.63) is 105 Å². The Morgan fingerprint density at radius 2 is 1.26 bits per heavy atom. The molecule has 2 unspecified atom stereocenters. The van der Waals surface area contributed by atoms with E-state index >= 15 is 0 Å². The van der Waals surface area contributed by atoms with Crippen LogP contribution in [0.4, 0.5) is 0 Å². The van der Waals surface area contributed by atoms with E-state index in [2.05, 4.69) is 13.2 Å². The highest BCUT2D eigenvalue weighted by molar-refractivity contribution is 8.33. The number of ketones is 1. The molecular weight excluding hydrogens is 625 g/mol. The van der Waals surface area contributed by atoms with Gasteiger partial charge in [0.2, 0.25) is 0 Å². The fourth-order valence-corrected chi connectivity index (χ4v) is 12.8. The topological polar surface area (TPSA) is 97.4 Å². The van der Waals surface area contributed by atoms with E-state index in [1.54, 1.807) is 24.3 Å². The summed E-state index contributed by atoms with van der Waals surface area (Å²) in [4.78, 5) is 15.4. The first-order valence-electron chi connectivity index (χ1n) is 15.3. The van der Waals surface area contributed by atoms with Crippen molar-refractivity contribution in [3.63, 3.8) is 0 Å². The van der Waals surface area contributed by atoms with Gasteiger partial charge in [-0.05, 0) is 95.1 Å². The third-order valence-corrected chi connectivity index (χ3v) is 14.6. The van der Waals surface area contributed by atoms with Gasteiger partial charge in [-0.25, -0.2) is 3.63 Å². The lowest BCUT2D eigenvalue weighted by atomic mass is 9.70. The van der Waals surface area contributed by atoms with Crippen LogP contribution in [0.25, 0.3) is 0 Å². The van der Waals surface area contributed by atoms with Gasteiger partial charge in [-0.1, -0.05) is 45.2 Å². The zero-order valence-electron chi connectivity index (χ0n) is 26.4. The first-order valence-corrected chi connectivity index (χ1v) is 18.5.